The smallest absolute Gasteiger partial charge is 0.287 e. The molecule has 0 spiro atoms. The number of carbonyl (C=O) groups is 1. The van der Waals surface area contributed by atoms with Crippen LogP contribution in [-0.4, -0.2) is 40.5 Å². The first-order valence-corrected chi connectivity index (χ1v) is 12.9. The van der Waals surface area contributed by atoms with Crippen LogP contribution in [0.4, 0.5) is 0 Å². The van der Waals surface area contributed by atoms with Crippen LogP contribution in [-0.2, 0) is 12.1 Å². The minimum atomic E-state index is -0.841. The number of fused-ring (bicyclic) bond motifs is 2. The molecule has 1 aliphatic rings. The fraction of sp³-hybridized carbons (Fsp3) is 0.407. The molecule has 2 aromatic heterocycles. The third kappa shape index (κ3) is 4.73. The Morgan fingerprint density at radius 1 is 1.24 bits per heavy atom. The maximum absolute atomic E-state index is 12.7. The van der Waals surface area contributed by atoms with E-state index < -0.39 is 5.60 Å². The molecule has 7 heteroatoms. The molecule has 1 saturated heterocycles. The van der Waals surface area contributed by atoms with Gasteiger partial charge in [0.15, 0.2) is 5.76 Å². The molecular weight excluding hydrogens is 446 g/mol. The summed E-state index contributed by atoms with van der Waals surface area (Å²) in [4.78, 5) is 19.7. The van der Waals surface area contributed by atoms with Crippen LogP contribution in [0.1, 0.15) is 54.2 Å². The summed E-state index contributed by atoms with van der Waals surface area (Å²) in [5, 5.41) is 16.0. The highest BCUT2D eigenvalue weighted by Gasteiger charge is 2.34. The Labute approximate surface area is 203 Å². The highest BCUT2D eigenvalue weighted by Crippen LogP contribution is 2.35. The number of rotatable bonds is 7. The van der Waals surface area contributed by atoms with Gasteiger partial charge < -0.3 is 19.7 Å². The van der Waals surface area contributed by atoms with E-state index in [4.69, 9.17) is 4.42 Å². The summed E-state index contributed by atoms with van der Waals surface area (Å²) < 4.78 is 6.91. The summed E-state index contributed by atoms with van der Waals surface area (Å²) in [5.74, 6) is 0.672. The Bertz CT molecular complexity index is 1270. The van der Waals surface area contributed by atoms with Gasteiger partial charge in [0.25, 0.3) is 5.91 Å². The van der Waals surface area contributed by atoms with Crippen LogP contribution >= 0.6 is 11.3 Å². The maximum atomic E-state index is 12.7. The van der Waals surface area contributed by atoms with Crippen LogP contribution in [0.5, 0.6) is 0 Å². The SMILES string of the molecule is CC[C@@H](C)CN1CCC(O)(c2ccc3oc(C(=O)NCc4nc5ccccc5s4)cc3c2)CC1. The van der Waals surface area contributed by atoms with Crippen molar-refractivity contribution in [2.24, 2.45) is 5.92 Å². The molecule has 2 aromatic carbocycles. The van der Waals surface area contributed by atoms with Gasteiger partial charge in [-0.1, -0.05) is 38.5 Å². The number of para-hydroxylation sites is 1. The van der Waals surface area contributed by atoms with Crippen molar-refractivity contribution in [3.8, 4) is 0 Å². The number of piperidine rings is 1. The summed E-state index contributed by atoms with van der Waals surface area (Å²) in [7, 11) is 0. The van der Waals surface area contributed by atoms with E-state index in [2.05, 4.69) is 29.0 Å². The summed E-state index contributed by atoms with van der Waals surface area (Å²) in [6.07, 6.45) is 2.60. The summed E-state index contributed by atoms with van der Waals surface area (Å²) in [5.41, 5.74) is 1.64. The number of benzene rings is 2. The van der Waals surface area contributed by atoms with Gasteiger partial charge in [0.05, 0.1) is 22.4 Å². The highest BCUT2D eigenvalue weighted by molar-refractivity contribution is 7.18. The topological polar surface area (TPSA) is 78.6 Å². The average Bonchev–Trinajstić information content (AvgIpc) is 3.47. The summed E-state index contributed by atoms with van der Waals surface area (Å²) in [6, 6.07) is 15.5. The molecule has 3 heterocycles. The molecule has 0 saturated carbocycles. The molecule has 0 radical (unpaired) electrons. The van der Waals surface area contributed by atoms with Crippen LogP contribution in [0.15, 0.2) is 52.9 Å². The zero-order valence-electron chi connectivity index (χ0n) is 19.7. The van der Waals surface area contributed by atoms with E-state index in [0.717, 1.165) is 45.8 Å². The number of hydrogen-bond acceptors (Lipinski definition) is 6. The predicted molar refractivity (Wildman–Crippen MR) is 136 cm³/mol. The molecule has 2 N–H and O–H groups in total. The molecule has 6 nitrogen and oxygen atoms in total. The number of nitrogens with one attached hydrogen (secondary N) is 1. The molecule has 0 aliphatic carbocycles. The third-order valence-corrected chi connectivity index (χ3v) is 8.00. The fourth-order valence-electron chi connectivity index (χ4n) is 4.65. The summed E-state index contributed by atoms with van der Waals surface area (Å²) >= 11 is 1.57. The minimum Gasteiger partial charge on any atom is -0.451 e. The number of amides is 1. The van der Waals surface area contributed by atoms with Gasteiger partial charge in [-0.05, 0) is 54.7 Å². The number of furan rings is 1. The Hall–Kier alpha value is -2.74. The molecule has 1 atom stereocenters. The molecule has 5 rings (SSSR count). The van der Waals surface area contributed by atoms with Gasteiger partial charge in [-0.25, -0.2) is 4.98 Å². The first-order valence-electron chi connectivity index (χ1n) is 12.0. The van der Waals surface area contributed by atoms with Gasteiger partial charge in [-0.15, -0.1) is 11.3 Å². The van der Waals surface area contributed by atoms with Gasteiger partial charge in [0.2, 0.25) is 0 Å². The van der Waals surface area contributed by atoms with E-state index >= 15 is 0 Å². The Morgan fingerprint density at radius 2 is 2.03 bits per heavy atom. The van der Waals surface area contributed by atoms with Crippen LogP contribution in [0.2, 0.25) is 0 Å². The van der Waals surface area contributed by atoms with Crippen LogP contribution in [0.3, 0.4) is 0 Å². The van der Waals surface area contributed by atoms with Crippen molar-refractivity contribution < 1.29 is 14.3 Å². The number of nitrogens with zero attached hydrogens (tertiary/aromatic N) is 2. The van der Waals surface area contributed by atoms with Crippen LogP contribution < -0.4 is 5.32 Å². The first-order chi connectivity index (χ1) is 16.4. The molecule has 4 aromatic rings. The number of likely N-dealkylation sites (tertiary alicyclic amines) is 1. The van der Waals surface area contributed by atoms with E-state index in [1.807, 2.05) is 42.5 Å². The lowest BCUT2D eigenvalue weighted by molar-refractivity contribution is -0.0283. The first kappa shape index (κ1) is 23.0. The predicted octanol–water partition coefficient (Wildman–Crippen LogP) is 5.30. The molecule has 1 fully saturated rings. The molecule has 1 aliphatic heterocycles. The standard InChI is InChI=1S/C27H31N3O3S/c1-3-18(2)17-30-12-10-27(32,11-13-30)20-8-9-22-19(14-20)15-23(33-22)26(31)28-16-25-29-21-6-4-5-7-24(21)34-25/h4-9,14-15,18,32H,3,10-13,16-17H2,1-2H3,(H,28,31)/t18-/m1/s1. The molecule has 34 heavy (non-hydrogen) atoms. The van der Waals surface area contributed by atoms with Gasteiger partial charge in [0.1, 0.15) is 10.6 Å². The van der Waals surface area contributed by atoms with E-state index in [-0.39, 0.29) is 11.7 Å². The normalized spacial score (nSPS) is 17.3. The van der Waals surface area contributed by atoms with Crippen molar-refractivity contribution in [2.45, 2.75) is 45.3 Å². The zero-order chi connectivity index (χ0) is 23.7. The maximum Gasteiger partial charge on any atom is 0.287 e. The minimum absolute atomic E-state index is 0.267. The summed E-state index contributed by atoms with van der Waals surface area (Å²) in [6.45, 7) is 7.73. The fourth-order valence-corrected chi connectivity index (χ4v) is 5.55. The van der Waals surface area contributed by atoms with Crippen LogP contribution in [0.25, 0.3) is 21.2 Å². The lowest BCUT2D eigenvalue weighted by Crippen LogP contribution is -2.43. The Balaban J connectivity index is 1.25. The molecular formula is C27H31N3O3S. The van der Waals surface area contributed by atoms with E-state index in [1.165, 1.54) is 6.42 Å². The number of carbonyl (C=O) groups excluding carboxylic acids is 1. The highest BCUT2D eigenvalue weighted by atomic mass is 32.1. The van der Waals surface area contributed by atoms with Crippen molar-refractivity contribution in [3.05, 3.63) is 64.9 Å². The second kappa shape index (κ2) is 9.49. The molecule has 1 amide bonds. The third-order valence-electron chi connectivity index (χ3n) is 6.97. The van der Waals surface area contributed by atoms with Crippen LogP contribution in [0, 0.1) is 5.92 Å². The Kier molecular flexibility index (Phi) is 6.42. The van der Waals surface area contributed by atoms with E-state index in [0.29, 0.717) is 30.9 Å². The quantitative estimate of drug-likeness (QED) is 0.378. The molecule has 0 bridgehead atoms. The molecule has 178 valence electrons. The zero-order valence-corrected chi connectivity index (χ0v) is 20.5. The lowest BCUT2D eigenvalue weighted by atomic mass is 9.84. The largest absolute Gasteiger partial charge is 0.451 e. The van der Waals surface area contributed by atoms with Crippen molar-refractivity contribution in [1.82, 2.24) is 15.2 Å². The van der Waals surface area contributed by atoms with Gasteiger partial charge >= 0.3 is 0 Å². The van der Waals surface area contributed by atoms with E-state index in [9.17, 15) is 9.90 Å². The van der Waals surface area contributed by atoms with Crippen molar-refractivity contribution in [3.63, 3.8) is 0 Å². The van der Waals surface area contributed by atoms with Gasteiger partial charge in [-0.2, -0.15) is 0 Å². The molecule has 0 unspecified atom stereocenters. The Morgan fingerprint density at radius 3 is 2.79 bits per heavy atom. The van der Waals surface area contributed by atoms with Crippen molar-refractivity contribution in [1.29, 1.82) is 0 Å². The average molecular weight is 478 g/mol. The number of hydrogen-bond donors (Lipinski definition) is 2. The monoisotopic (exact) mass is 477 g/mol. The van der Waals surface area contributed by atoms with Crippen molar-refractivity contribution in [2.75, 3.05) is 19.6 Å². The second-order valence-corrected chi connectivity index (χ2v) is 10.6. The number of aliphatic hydroxyl groups is 1. The van der Waals surface area contributed by atoms with E-state index in [1.54, 1.807) is 17.4 Å². The second-order valence-electron chi connectivity index (χ2n) is 9.47. The van der Waals surface area contributed by atoms with Crippen molar-refractivity contribution >= 4 is 38.4 Å². The lowest BCUT2D eigenvalue weighted by Gasteiger charge is -2.39. The van der Waals surface area contributed by atoms with Gasteiger partial charge in [-0.3, -0.25) is 4.79 Å². The number of aromatic nitrogens is 1. The number of thiazole rings is 1. The van der Waals surface area contributed by atoms with Gasteiger partial charge in [0, 0.05) is 25.0 Å².